The fourth-order valence-electron chi connectivity index (χ4n) is 2.20. The van der Waals surface area contributed by atoms with Crippen molar-refractivity contribution in [2.45, 2.75) is 19.5 Å². The molecule has 0 aliphatic heterocycles. The minimum absolute atomic E-state index is 0.177. The topological polar surface area (TPSA) is 43.0 Å². The molecule has 0 spiro atoms. The second kappa shape index (κ2) is 5.75. The van der Waals surface area contributed by atoms with E-state index >= 15 is 0 Å². The molecule has 2 heterocycles. The zero-order chi connectivity index (χ0) is 13.8. The lowest BCUT2D eigenvalue weighted by Crippen LogP contribution is -2.18. The molecule has 102 valence electrons. The molecular weight excluding hydrogens is 250 g/mol. The van der Waals surface area contributed by atoms with Crippen LogP contribution in [-0.4, -0.2) is 9.78 Å². The molecule has 0 aliphatic rings. The highest BCUT2D eigenvalue weighted by Gasteiger charge is 2.09. The first-order valence-electron chi connectivity index (χ1n) is 6.69. The number of rotatable bonds is 5. The molecule has 0 saturated carbocycles. The maximum absolute atomic E-state index is 5.41. The molecule has 3 aromatic rings. The van der Waals surface area contributed by atoms with Crippen molar-refractivity contribution in [2.24, 2.45) is 0 Å². The van der Waals surface area contributed by atoms with Gasteiger partial charge in [0.15, 0.2) is 0 Å². The third-order valence-electron chi connectivity index (χ3n) is 3.31. The van der Waals surface area contributed by atoms with Crippen molar-refractivity contribution in [1.29, 1.82) is 0 Å². The maximum atomic E-state index is 5.41. The Labute approximate surface area is 118 Å². The predicted octanol–water partition coefficient (Wildman–Crippen LogP) is 3.32. The maximum Gasteiger partial charge on any atom is 0.120 e. The van der Waals surface area contributed by atoms with E-state index in [0.717, 1.165) is 18.0 Å². The van der Waals surface area contributed by atoms with Crippen LogP contribution in [0.5, 0.6) is 0 Å². The van der Waals surface area contributed by atoms with Crippen molar-refractivity contribution in [3.8, 4) is 5.69 Å². The summed E-state index contributed by atoms with van der Waals surface area (Å²) >= 11 is 0. The molecule has 0 amide bonds. The highest BCUT2D eigenvalue weighted by Crippen LogP contribution is 2.16. The molecule has 20 heavy (non-hydrogen) atoms. The van der Waals surface area contributed by atoms with Crippen LogP contribution < -0.4 is 5.32 Å². The second-order valence-electron chi connectivity index (χ2n) is 4.70. The molecule has 1 aromatic carbocycles. The first-order valence-corrected chi connectivity index (χ1v) is 6.69. The lowest BCUT2D eigenvalue weighted by atomic mass is 10.1. The second-order valence-corrected chi connectivity index (χ2v) is 4.70. The summed E-state index contributed by atoms with van der Waals surface area (Å²) < 4.78 is 7.29. The highest BCUT2D eigenvalue weighted by atomic mass is 16.3. The van der Waals surface area contributed by atoms with E-state index < -0.39 is 0 Å². The molecule has 4 heteroatoms. The van der Waals surface area contributed by atoms with E-state index in [9.17, 15) is 0 Å². The summed E-state index contributed by atoms with van der Waals surface area (Å²) in [5.74, 6) is 0.946. The molecule has 0 fully saturated rings. The molecule has 0 bridgehead atoms. The number of furan rings is 1. The first-order chi connectivity index (χ1) is 9.84. The van der Waals surface area contributed by atoms with Crippen molar-refractivity contribution < 1.29 is 4.42 Å². The van der Waals surface area contributed by atoms with Gasteiger partial charge in [-0.05, 0) is 36.8 Å². The van der Waals surface area contributed by atoms with Gasteiger partial charge in [0, 0.05) is 18.9 Å². The van der Waals surface area contributed by atoms with E-state index in [2.05, 4.69) is 29.5 Å². The van der Waals surface area contributed by atoms with E-state index in [1.165, 1.54) is 5.56 Å². The molecule has 1 N–H and O–H groups in total. The van der Waals surface area contributed by atoms with Crippen LogP contribution in [0.3, 0.4) is 0 Å². The average molecular weight is 267 g/mol. The molecule has 1 unspecified atom stereocenters. The van der Waals surface area contributed by atoms with Crippen molar-refractivity contribution in [2.75, 3.05) is 0 Å². The number of hydrogen-bond donors (Lipinski definition) is 1. The number of nitrogens with zero attached hydrogens (tertiary/aromatic N) is 2. The molecule has 3 rings (SSSR count). The Balaban J connectivity index is 1.75. The largest absolute Gasteiger partial charge is 0.468 e. The predicted molar refractivity (Wildman–Crippen MR) is 77.5 cm³/mol. The third-order valence-corrected chi connectivity index (χ3v) is 3.31. The van der Waals surface area contributed by atoms with Crippen molar-refractivity contribution >= 4 is 0 Å². The average Bonchev–Trinajstić information content (AvgIpc) is 3.17. The third kappa shape index (κ3) is 2.65. The van der Waals surface area contributed by atoms with E-state index in [4.69, 9.17) is 4.42 Å². The van der Waals surface area contributed by atoms with Gasteiger partial charge in [-0.15, -0.1) is 0 Å². The fraction of sp³-hybridized carbons (Fsp3) is 0.188. The van der Waals surface area contributed by atoms with Gasteiger partial charge in [0.25, 0.3) is 0 Å². The van der Waals surface area contributed by atoms with Crippen molar-refractivity contribution in [3.63, 3.8) is 0 Å². The number of para-hydroxylation sites is 1. The van der Waals surface area contributed by atoms with Crippen LogP contribution in [0.25, 0.3) is 5.69 Å². The van der Waals surface area contributed by atoms with Gasteiger partial charge in [-0.1, -0.05) is 18.2 Å². The smallest absolute Gasteiger partial charge is 0.120 e. The Morgan fingerprint density at radius 2 is 2.10 bits per heavy atom. The van der Waals surface area contributed by atoms with E-state index in [0.29, 0.717) is 0 Å². The van der Waals surface area contributed by atoms with Crippen molar-refractivity contribution in [1.82, 2.24) is 15.1 Å². The van der Waals surface area contributed by atoms with Crippen LogP contribution in [0.4, 0.5) is 0 Å². The minimum atomic E-state index is 0.177. The molecule has 4 nitrogen and oxygen atoms in total. The summed E-state index contributed by atoms with van der Waals surface area (Å²) in [6.07, 6.45) is 5.44. The van der Waals surface area contributed by atoms with E-state index in [1.54, 1.807) is 12.5 Å². The molecule has 0 aliphatic carbocycles. The van der Waals surface area contributed by atoms with Crippen LogP contribution in [0.2, 0.25) is 0 Å². The summed E-state index contributed by atoms with van der Waals surface area (Å²) in [5.41, 5.74) is 2.30. The summed E-state index contributed by atoms with van der Waals surface area (Å²) in [7, 11) is 0. The minimum Gasteiger partial charge on any atom is -0.468 e. The molecule has 0 radical (unpaired) electrons. The van der Waals surface area contributed by atoms with E-state index in [1.807, 2.05) is 41.2 Å². The van der Waals surface area contributed by atoms with Gasteiger partial charge >= 0.3 is 0 Å². The Morgan fingerprint density at radius 1 is 1.20 bits per heavy atom. The number of benzene rings is 1. The van der Waals surface area contributed by atoms with Gasteiger partial charge in [0.1, 0.15) is 5.76 Å². The highest BCUT2D eigenvalue weighted by molar-refractivity contribution is 5.40. The zero-order valence-electron chi connectivity index (χ0n) is 11.4. The van der Waals surface area contributed by atoms with Gasteiger partial charge in [-0.3, -0.25) is 0 Å². The molecule has 2 aromatic heterocycles. The summed E-state index contributed by atoms with van der Waals surface area (Å²) in [6.45, 7) is 2.85. The van der Waals surface area contributed by atoms with Gasteiger partial charge in [-0.2, -0.15) is 5.10 Å². The summed E-state index contributed by atoms with van der Waals surface area (Å²) in [6, 6.07) is 14.2. The fourth-order valence-corrected chi connectivity index (χ4v) is 2.20. The molecule has 1 atom stereocenters. The summed E-state index contributed by atoms with van der Waals surface area (Å²) in [4.78, 5) is 0. The normalized spacial score (nSPS) is 12.4. The van der Waals surface area contributed by atoms with Gasteiger partial charge in [0.05, 0.1) is 18.0 Å². The van der Waals surface area contributed by atoms with Crippen LogP contribution >= 0.6 is 0 Å². The van der Waals surface area contributed by atoms with Crippen LogP contribution in [-0.2, 0) is 6.54 Å². The number of nitrogens with one attached hydrogen (secondary N) is 1. The van der Waals surface area contributed by atoms with Crippen LogP contribution in [0, 0.1) is 0 Å². The molecular formula is C16H17N3O. The Bertz CT molecular complexity index is 644. The Kier molecular flexibility index (Phi) is 3.65. The lowest BCUT2D eigenvalue weighted by molar-refractivity contribution is 0.430. The standard InChI is InChI=1S/C16H17N3O/c1-13(16-8-4-11-20-16)17-12-14-6-2-3-7-15(14)19-10-5-9-18-19/h2-11,13,17H,12H2,1H3. The first kappa shape index (κ1) is 12.7. The van der Waals surface area contributed by atoms with Gasteiger partial charge < -0.3 is 9.73 Å². The van der Waals surface area contributed by atoms with E-state index in [-0.39, 0.29) is 6.04 Å². The number of hydrogen-bond acceptors (Lipinski definition) is 3. The monoisotopic (exact) mass is 267 g/mol. The quantitative estimate of drug-likeness (QED) is 0.771. The Morgan fingerprint density at radius 3 is 2.85 bits per heavy atom. The summed E-state index contributed by atoms with van der Waals surface area (Å²) in [5, 5.41) is 7.76. The van der Waals surface area contributed by atoms with Gasteiger partial charge in [0.2, 0.25) is 0 Å². The Hall–Kier alpha value is -2.33. The molecule has 0 saturated heterocycles. The zero-order valence-corrected chi connectivity index (χ0v) is 11.4. The number of aromatic nitrogens is 2. The SMILES string of the molecule is CC(NCc1ccccc1-n1cccn1)c1ccco1. The lowest BCUT2D eigenvalue weighted by Gasteiger charge is -2.14. The van der Waals surface area contributed by atoms with Gasteiger partial charge in [-0.25, -0.2) is 4.68 Å². The van der Waals surface area contributed by atoms with Crippen molar-refractivity contribution in [3.05, 3.63) is 72.4 Å². The van der Waals surface area contributed by atoms with Crippen LogP contribution in [0.15, 0.2) is 65.5 Å². The van der Waals surface area contributed by atoms with Crippen LogP contribution in [0.1, 0.15) is 24.3 Å².